The molecule has 3 N–H and O–H groups in total. The summed E-state index contributed by atoms with van der Waals surface area (Å²) in [7, 11) is 2.12. The predicted molar refractivity (Wildman–Crippen MR) is 124 cm³/mol. The number of carbonyl (C=O) groups is 2. The SMILES string of the molecule is CN1CCc2c3c(n(-c4ccc(C(N)=O)c(N[C@H]5CCOC5)c4)c2C1)CC(C)(C)CC3=O. The summed E-state index contributed by atoms with van der Waals surface area (Å²) in [6.07, 6.45) is 3.21. The van der Waals surface area contributed by atoms with E-state index in [0.717, 1.165) is 55.0 Å². The summed E-state index contributed by atoms with van der Waals surface area (Å²) in [5, 5.41) is 3.47. The molecule has 0 saturated carbocycles. The van der Waals surface area contributed by atoms with Crippen molar-refractivity contribution in [3.05, 3.63) is 46.3 Å². The number of nitrogens with zero attached hydrogens (tertiary/aromatic N) is 2. The fourth-order valence-electron chi connectivity index (χ4n) is 5.52. The number of hydrogen-bond donors (Lipinski definition) is 2. The van der Waals surface area contributed by atoms with Crippen molar-refractivity contribution in [3.63, 3.8) is 0 Å². The molecule has 3 aliphatic rings. The van der Waals surface area contributed by atoms with E-state index < -0.39 is 5.91 Å². The van der Waals surface area contributed by atoms with Gasteiger partial charge in [-0.1, -0.05) is 13.8 Å². The number of amides is 1. The summed E-state index contributed by atoms with van der Waals surface area (Å²) >= 11 is 0. The number of hydrogen-bond acceptors (Lipinski definition) is 5. The quantitative estimate of drug-likeness (QED) is 0.769. The van der Waals surface area contributed by atoms with Crippen molar-refractivity contribution in [2.75, 3.05) is 32.1 Å². The average molecular weight is 437 g/mol. The second-order valence-corrected chi connectivity index (χ2v) is 10.3. The number of nitrogens with two attached hydrogens (primary N) is 1. The van der Waals surface area contributed by atoms with Crippen LogP contribution in [0.2, 0.25) is 0 Å². The Kier molecular flexibility index (Phi) is 5.13. The second kappa shape index (κ2) is 7.74. The van der Waals surface area contributed by atoms with E-state index in [1.54, 1.807) is 6.07 Å². The Hall–Kier alpha value is -2.64. The van der Waals surface area contributed by atoms with Crippen LogP contribution in [0.3, 0.4) is 0 Å². The highest BCUT2D eigenvalue weighted by molar-refractivity contribution is 6.01. The van der Waals surface area contributed by atoms with Crippen LogP contribution in [-0.2, 0) is 24.1 Å². The predicted octanol–water partition coefficient (Wildman–Crippen LogP) is 2.92. The monoisotopic (exact) mass is 436 g/mol. The third kappa shape index (κ3) is 3.63. The first-order valence-electron chi connectivity index (χ1n) is 11.5. The molecule has 2 aliphatic heterocycles. The topological polar surface area (TPSA) is 89.6 Å². The Morgan fingerprint density at radius 3 is 2.78 bits per heavy atom. The van der Waals surface area contributed by atoms with Crippen LogP contribution >= 0.6 is 0 Å². The Labute approximate surface area is 188 Å². The average Bonchev–Trinajstić information content (AvgIpc) is 3.32. The van der Waals surface area contributed by atoms with E-state index >= 15 is 0 Å². The molecule has 0 spiro atoms. The van der Waals surface area contributed by atoms with Crippen LogP contribution in [0.25, 0.3) is 5.69 Å². The first-order chi connectivity index (χ1) is 15.2. The van der Waals surface area contributed by atoms with Gasteiger partial charge in [0.2, 0.25) is 0 Å². The highest BCUT2D eigenvalue weighted by atomic mass is 16.5. The molecule has 7 heteroatoms. The van der Waals surface area contributed by atoms with E-state index in [2.05, 4.69) is 35.7 Å². The van der Waals surface area contributed by atoms with E-state index in [0.29, 0.717) is 25.2 Å². The normalized spacial score (nSPS) is 22.5. The van der Waals surface area contributed by atoms with E-state index in [-0.39, 0.29) is 17.2 Å². The molecule has 0 bridgehead atoms. The number of benzene rings is 1. The molecule has 1 aliphatic carbocycles. The van der Waals surface area contributed by atoms with Gasteiger partial charge in [-0.3, -0.25) is 9.59 Å². The molecule has 1 saturated heterocycles. The summed E-state index contributed by atoms with van der Waals surface area (Å²) in [6.45, 7) is 7.41. The molecule has 1 atom stereocenters. The van der Waals surface area contributed by atoms with Crippen molar-refractivity contribution < 1.29 is 14.3 Å². The number of ketones is 1. The highest BCUT2D eigenvalue weighted by Gasteiger charge is 2.38. The standard InChI is InChI=1S/C25H32N4O3/c1-25(2)11-20-23(22(30)12-25)18-6-8-28(3)13-21(18)29(20)16-4-5-17(24(26)31)19(10-16)27-15-7-9-32-14-15/h4-5,10,15,27H,6-9,11-14H2,1-3H3,(H2,26,31)/t15-/m0/s1. The maximum absolute atomic E-state index is 13.2. The van der Waals surface area contributed by atoms with Crippen molar-refractivity contribution in [3.8, 4) is 5.69 Å². The number of nitrogens with one attached hydrogen (secondary N) is 1. The first kappa shape index (κ1) is 21.2. The zero-order valence-corrected chi connectivity index (χ0v) is 19.2. The molecule has 32 heavy (non-hydrogen) atoms. The Morgan fingerprint density at radius 2 is 2.06 bits per heavy atom. The van der Waals surface area contributed by atoms with E-state index in [1.807, 2.05) is 12.1 Å². The Bertz CT molecular complexity index is 1100. The summed E-state index contributed by atoms with van der Waals surface area (Å²) < 4.78 is 7.78. The molecule has 1 fully saturated rings. The molecule has 0 unspecified atom stereocenters. The number of carbonyl (C=O) groups excluding carboxylic acids is 2. The van der Waals surface area contributed by atoms with Crippen LogP contribution in [0.1, 0.15) is 64.4 Å². The van der Waals surface area contributed by atoms with Gasteiger partial charge in [0.15, 0.2) is 5.78 Å². The zero-order valence-electron chi connectivity index (χ0n) is 19.2. The van der Waals surface area contributed by atoms with Crippen LogP contribution in [0.5, 0.6) is 0 Å². The van der Waals surface area contributed by atoms with Crippen LogP contribution in [0, 0.1) is 5.41 Å². The van der Waals surface area contributed by atoms with Crippen molar-refractivity contribution >= 4 is 17.4 Å². The third-order valence-electron chi connectivity index (χ3n) is 7.02. The number of rotatable bonds is 4. The minimum atomic E-state index is -0.453. The van der Waals surface area contributed by atoms with Gasteiger partial charge < -0.3 is 25.3 Å². The van der Waals surface area contributed by atoms with Gasteiger partial charge in [-0.2, -0.15) is 0 Å². The lowest BCUT2D eigenvalue weighted by Gasteiger charge is -2.30. The largest absolute Gasteiger partial charge is 0.379 e. The van der Waals surface area contributed by atoms with Crippen LogP contribution in [0.4, 0.5) is 5.69 Å². The molecule has 0 radical (unpaired) electrons. The van der Waals surface area contributed by atoms with Crippen LogP contribution in [0.15, 0.2) is 18.2 Å². The summed E-state index contributed by atoms with van der Waals surface area (Å²) in [4.78, 5) is 27.6. The van der Waals surface area contributed by atoms with Crippen molar-refractivity contribution in [1.29, 1.82) is 0 Å². The second-order valence-electron chi connectivity index (χ2n) is 10.3. The fourth-order valence-corrected chi connectivity index (χ4v) is 5.52. The van der Waals surface area contributed by atoms with Crippen molar-refractivity contribution in [2.24, 2.45) is 11.1 Å². The molecule has 2 aromatic rings. The smallest absolute Gasteiger partial charge is 0.250 e. The highest BCUT2D eigenvalue weighted by Crippen LogP contribution is 2.42. The molecule has 5 rings (SSSR count). The Balaban J connectivity index is 1.67. The number of likely N-dealkylation sites (N-methyl/N-ethyl adjacent to an activating group) is 1. The van der Waals surface area contributed by atoms with Gasteiger partial charge >= 0.3 is 0 Å². The van der Waals surface area contributed by atoms with Crippen LogP contribution < -0.4 is 11.1 Å². The number of primary amides is 1. The molecule has 1 aromatic heterocycles. The van der Waals surface area contributed by atoms with E-state index in [9.17, 15) is 9.59 Å². The Morgan fingerprint density at radius 1 is 1.25 bits per heavy atom. The molecule has 3 heterocycles. The zero-order chi connectivity index (χ0) is 22.6. The lowest BCUT2D eigenvalue weighted by Crippen LogP contribution is -2.29. The van der Waals surface area contributed by atoms with Gasteiger partial charge in [0, 0.05) is 54.4 Å². The van der Waals surface area contributed by atoms with E-state index in [4.69, 9.17) is 10.5 Å². The van der Waals surface area contributed by atoms with Gasteiger partial charge in [-0.15, -0.1) is 0 Å². The maximum atomic E-state index is 13.2. The molecule has 1 amide bonds. The van der Waals surface area contributed by atoms with Gasteiger partial charge in [0.25, 0.3) is 5.91 Å². The number of anilines is 1. The number of fused-ring (bicyclic) bond motifs is 3. The lowest BCUT2D eigenvalue weighted by atomic mass is 9.75. The number of ether oxygens (including phenoxy) is 1. The van der Waals surface area contributed by atoms with Gasteiger partial charge in [0.05, 0.1) is 18.2 Å². The maximum Gasteiger partial charge on any atom is 0.250 e. The van der Waals surface area contributed by atoms with E-state index in [1.165, 1.54) is 11.3 Å². The lowest BCUT2D eigenvalue weighted by molar-refractivity contribution is 0.0909. The summed E-state index contributed by atoms with van der Waals surface area (Å²) in [6, 6.07) is 5.93. The number of Topliss-reactive ketones (excluding diaryl/α,β-unsaturated/α-hetero) is 1. The molecule has 170 valence electrons. The van der Waals surface area contributed by atoms with Crippen molar-refractivity contribution in [1.82, 2.24) is 9.47 Å². The number of aromatic nitrogens is 1. The minimum absolute atomic E-state index is 0.0793. The molecular weight excluding hydrogens is 404 g/mol. The molecular formula is C25H32N4O3. The van der Waals surface area contributed by atoms with Gasteiger partial charge in [0.1, 0.15) is 0 Å². The molecule has 7 nitrogen and oxygen atoms in total. The molecule has 1 aromatic carbocycles. The van der Waals surface area contributed by atoms with Gasteiger partial charge in [-0.25, -0.2) is 0 Å². The van der Waals surface area contributed by atoms with Gasteiger partial charge in [-0.05, 0) is 55.5 Å². The fraction of sp³-hybridized carbons (Fsp3) is 0.520. The minimum Gasteiger partial charge on any atom is -0.379 e. The van der Waals surface area contributed by atoms with Crippen molar-refractivity contribution in [2.45, 2.75) is 52.1 Å². The third-order valence-corrected chi connectivity index (χ3v) is 7.02. The first-order valence-corrected chi connectivity index (χ1v) is 11.5. The van der Waals surface area contributed by atoms with Crippen LogP contribution in [-0.4, -0.2) is 54.0 Å². The summed E-state index contributed by atoms with van der Waals surface area (Å²) in [5.41, 5.74) is 12.2. The summed E-state index contributed by atoms with van der Waals surface area (Å²) in [5.74, 6) is -0.198.